The molecule has 4 nitrogen and oxygen atoms in total. The first kappa shape index (κ1) is 11.5. The number of esters is 1. The molecule has 82 valence electrons. The Labute approximate surface area is 84.5 Å². The third-order valence-corrected chi connectivity index (χ3v) is 2.11. The summed E-state index contributed by atoms with van der Waals surface area (Å²) in [5, 5.41) is 0. The van der Waals surface area contributed by atoms with Gasteiger partial charge in [0.15, 0.2) is 0 Å². The molecule has 1 fully saturated rings. The van der Waals surface area contributed by atoms with Gasteiger partial charge in [-0.15, -0.1) is 0 Å². The van der Waals surface area contributed by atoms with E-state index in [4.69, 9.17) is 14.2 Å². The van der Waals surface area contributed by atoms with E-state index in [2.05, 4.69) is 0 Å². The van der Waals surface area contributed by atoms with Crippen LogP contribution in [-0.2, 0) is 19.0 Å². The predicted octanol–water partition coefficient (Wildman–Crippen LogP) is 1.14. The van der Waals surface area contributed by atoms with E-state index in [1.807, 2.05) is 0 Å². The first-order chi connectivity index (χ1) is 6.79. The van der Waals surface area contributed by atoms with Gasteiger partial charge in [0.2, 0.25) is 0 Å². The Morgan fingerprint density at radius 1 is 1.43 bits per heavy atom. The van der Waals surface area contributed by atoms with Crippen LogP contribution in [0.4, 0.5) is 0 Å². The maximum atomic E-state index is 10.4. The SMILES string of the molecule is CC(=O)OCCCCC1COCCO1. The van der Waals surface area contributed by atoms with Crippen LogP contribution in [0.3, 0.4) is 0 Å². The highest BCUT2D eigenvalue weighted by Gasteiger charge is 2.13. The number of carbonyl (C=O) groups is 1. The fourth-order valence-corrected chi connectivity index (χ4v) is 1.39. The molecule has 14 heavy (non-hydrogen) atoms. The van der Waals surface area contributed by atoms with Gasteiger partial charge in [-0.1, -0.05) is 0 Å². The van der Waals surface area contributed by atoms with Gasteiger partial charge in [-0.3, -0.25) is 4.79 Å². The van der Waals surface area contributed by atoms with Gasteiger partial charge in [-0.05, 0) is 19.3 Å². The van der Waals surface area contributed by atoms with Crippen molar-refractivity contribution in [3.8, 4) is 0 Å². The van der Waals surface area contributed by atoms with Gasteiger partial charge in [0.1, 0.15) is 0 Å². The third-order valence-electron chi connectivity index (χ3n) is 2.11. The molecular weight excluding hydrogens is 184 g/mol. The molecular formula is C10H18O4. The monoisotopic (exact) mass is 202 g/mol. The summed E-state index contributed by atoms with van der Waals surface area (Å²) in [7, 11) is 0. The average Bonchev–Trinajstić information content (AvgIpc) is 2.18. The molecule has 0 spiro atoms. The normalized spacial score (nSPS) is 21.9. The van der Waals surface area contributed by atoms with Crippen LogP contribution >= 0.6 is 0 Å². The fourth-order valence-electron chi connectivity index (χ4n) is 1.39. The largest absolute Gasteiger partial charge is 0.466 e. The Kier molecular flexibility index (Phi) is 5.56. The molecule has 1 aliphatic rings. The zero-order valence-electron chi connectivity index (χ0n) is 8.66. The van der Waals surface area contributed by atoms with Crippen LogP contribution in [0, 0.1) is 0 Å². The maximum Gasteiger partial charge on any atom is 0.302 e. The molecule has 0 amide bonds. The van der Waals surface area contributed by atoms with E-state index in [1.54, 1.807) is 0 Å². The van der Waals surface area contributed by atoms with E-state index in [1.165, 1.54) is 6.92 Å². The zero-order valence-corrected chi connectivity index (χ0v) is 8.66. The van der Waals surface area contributed by atoms with E-state index in [-0.39, 0.29) is 12.1 Å². The molecule has 0 aromatic heterocycles. The lowest BCUT2D eigenvalue weighted by Crippen LogP contribution is -2.28. The molecule has 1 atom stereocenters. The summed E-state index contributed by atoms with van der Waals surface area (Å²) in [6.07, 6.45) is 3.14. The second kappa shape index (κ2) is 6.79. The maximum absolute atomic E-state index is 10.4. The van der Waals surface area contributed by atoms with Crippen LogP contribution in [0.2, 0.25) is 0 Å². The van der Waals surface area contributed by atoms with Crippen LogP contribution in [0.15, 0.2) is 0 Å². The Morgan fingerprint density at radius 2 is 2.29 bits per heavy atom. The zero-order chi connectivity index (χ0) is 10.2. The lowest BCUT2D eigenvalue weighted by Gasteiger charge is -2.22. The number of carbonyl (C=O) groups excluding carboxylic acids is 1. The van der Waals surface area contributed by atoms with E-state index < -0.39 is 0 Å². The molecule has 0 N–H and O–H groups in total. The summed E-state index contributed by atoms with van der Waals surface area (Å²) in [6, 6.07) is 0. The molecule has 0 aromatic rings. The Morgan fingerprint density at radius 3 is 2.93 bits per heavy atom. The lowest BCUT2D eigenvalue weighted by atomic mass is 10.1. The molecule has 0 bridgehead atoms. The van der Waals surface area contributed by atoms with Crippen molar-refractivity contribution in [2.45, 2.75) is 32.3 Å². The Balaban J connectivity index is 1.90. The van der Waals surface area contributed by atoms with Crippen LogP contribution < -0.4 is 0 Å². The van der Waals surface area contributed by atoms with Gasteiger partial charge in [0, 0.05) is 6.92 Å². The molecule has 1 saturated heterocycles. The van der Waals surface area contributed by atoms with E-state index in [0.29, 0.717) is 26.4 Å². The minimum Gasteiger partial charge on any atom is -0.466 e. The van der Waals surface area contributed by atoms with E-state index in [0.717, 1.165) is 19.3 Å². The van der Waals surface area contributed by atoms with Crippen molar-refractivity contribution >= 4 is 5.97 Å². The molecule has 1 heterocycles. The standard InChI is InChI=1S/C10H18O4/c1-9(11)13-5-3-2-4-10-8-12-6-7-14-10/h10H,2-8H2,1H3. The first-order valence-electron chi connectivity index (χ1n) is 5.12. The van der Waals surface area contributed by atoms with Gasteiger partial charge in [0.25, 0.3) is 0 Å². The molecule has 1 unspecified atom stereocenters. The smallest absolute Gasteiger partial charge is 0.302 e. The minimum atomic E-state index is -0.206. The molecule has 0 radical (unpaired) electrons. The number of unbranched alkanes of at least 4 members (excludes halogenated alkanes) is 1. The summed E-state index contributed by atoms with van der Waals surface area (Å²) in [4.78, 5) is 10.4. The van der Waals surface area contributed by atoms with Crippen molar-refractivity contribution in [1.82, 2.24) is 0 Å². The second-order valence-corrected chi connectivity index (χ2v) is 3.40. The highest BCUT2D eigenvalue weighted by atomic mass is 16.6. The van der Waals surface area contributed by atoms with Crippen LogP contribution in [0.5, 0.6) is 0 Å². The number of ether oxygens (including phenoxy) is 3. The molecule has 0 saturated carbocycles. The summed E-state index contributed by atoms with van der Waals surface area (Å²) in [5.41, 5.74) is 0. The molecule has 1 aliphatic heterocycles. The average molecular weight is 202 g/mol. The van der Waals surface area contributed by atoms with Gasteiger partial charge in [-0.2, -0.15) is 0 Å². The summed E-state index contributed by atoms with van der Waals surface area (Å²) < 4.78 is 15.6. The number of hydrogen-bond acceptors (Lipinski definition) is 4. The van der Waals surface area contributed by atoms with E-state index >= 15 is 0 Å². The van der Waals surface area contributed by atoms with E-state index in [9.17, 15) is 4.79 Å². The number of rotatable bonds is 5. The van der Waals surface area contributed by atoms with Crippen LogP contribution in [-0.4, -0.2) is 38.5 Å². The van der Waals surface area contributed by atoms with Crippen molar-refractivity contribution in [3.05, 3.63) is 0 Å². The highest BCUT2D eigenvalue weighted by molar-refractivity contribution is 5.65. The first-order valence-corrected chi connectivity index (χ1v) is 5.12. The van der Waals surface area contributed by atoms with Gasteiger partial charge < -0.3 is 14.2 Å². The Bertz CT molecular complexity index is 164. The molecule has 0 aliphatic carbocycles. The summed E-state index contributed by atoms with van der Waals surface area (Å²) in [5.74, 6) is -0.206. The van der Waals surface area contributed by atoms with Gasteiger partial charge in [0.05, 0.1) is 32.5 Å². The van der Waals surface area contributed by atoms with Crippen molar-refractivity contribution in [2.75, 3.05) is 26.4 Å². The third kappa shape index (κ3) is 5.19. The quantitative estimate of drug-likeness (QED) is 0.495. The number of hydrogen-bond donors (Lipinski definition) is 0. The van der Waals surface area contributed by atoms with Crippen molar-refractivity contribution in [3.63, 3.8) is 0 Å². The molecule has 0 aromatic carbocycles. The highest BCUT2D eigenvalue weighted by Crippen LogP contribution is 2.09. The van der Waals surface area contributed by atoms with Gasteiger partial charge in [-0.25, -0.2) is 0 Å². The topological polar surface area (TPSA) is 44.8 Å². The second-order valence-electron chi connectivity index (χ2n) is 3.40. The van der Waals surface area contributed by atoms with Crippen molar-refractivity contribution in [2.24, 2.45) is 0 Å². The van der Waals surface area contributed by atoms with Crippen LogP contribution in [0.25, 0.3) is 0 Å². The lowest BCUT2D eigenvalue weighted by molar-refractivity contribution is -0.141. The summed E-state index contributed by atoms with van der Waals surface area (Å²) >= 11 is 0. The molecule has 1 rings (SSSR count). The van der Waals surface area contributed by atoms with Crippen LogP contribution in [0.1, 0.15) is 26.2 Å². The molecule has 4 heteroatoms. The van der Waals surface area contributed by atoms with Gasteiger partial charge >= 0.3 is 5.97 Å². The summed E-state index contributed by atoms with van der Waals surface area (Å²) in [6.45, 7) is 4.06. The van der Waals surface area contributed by atoms with Crippen molar-refractivity contribution < 1.29 is 19.0 Å². The Hall–Kier alpha value is -0.610. The fraction of sp³-hybridized carbons (Fsp3) is 0.900. The van der Waals surface area contributed by atoms with Crippen molar-refractivity contribution in [1.29, 1.82) is 0 Å². The minimum absolute atomic E-state index is 0.206. The predicted molar refractivity (Wildman–Crippen MR) is 51.0 cm³/mol.